The minimum atomic E-state index is -0.549. The summed E-state index contributed by atoms with van der Waals surface area (Å²) in [7, 11) is 0. The molecule has 3 aliphatic carbocycles. The topological polar surface area (TPSA) is 352 Å². The van der Waals surface area contributed by atoms with Crippen molar-refractivity contribution in [1.29, 1.82) is 0 Å². The molecule has 0 spiro atoms. The summed E-state index contributed by atoms with van der Waals surface area (Å²) >= 11 is 7.36. The van der Waals surface area contributed by atoms with E-state index >= 15 is 0 Å². The molecule has 111 heavy (non-hydrogen) atoms. The van der Waals surface area contributed by atoms with Crippen molar-refractivity contribution in [3.8, 4) is 0 Å². The van der Waals surface area contributed by atoms with Gasteiger partial charge in [0.05, 0.1) is 35.1 Å². The van der Waals surface area contributed by atoms with Gasteiger partial charge in [-0.3, -0.25) is 40.0 Å². The first-order valence-corrected chi connectivity index (χ1v) is 41.3. The molecular formula is C76H89BrN24O7S3. The summed E-state index contributed by atoms with van der Waals surface area (Å²) in [6, 6.07) is 7.43. The van der Waals surface area contributed by atoms with Crippen molar-refractivity contribution in [2.45, 2.75) is 148 Å². The number of nitrogens with one attached hydrogen (secondary N) is 3. The largest absolute Gasteiger partial charge is 0.444 e. The van der Waals surface area contributed by atoms with Gasteiger partial charge >= 0.3 is 12.2 Å². The first-order chi connectivity index (χ1) is 53.6. The summed E-state index contributed by atoms with van der Waals surface area (Å²) in [5.41, 5.74) is 12.1. The van der Waals surface area contributed by atoms with Crippen molar-refractivity contribution in [3.63, 3.8) is 0 Å². The van der Waals surface area contributed by atoms with Crippen LogP contribution in [0.1, 0.15) is 168 Å². The number of halogens is 1. The van der Waals surface area contributed by atoms with E-state index in [-0.39, 0.29) is 29.9 Å². The number of piperazine rings is 3. The molecule has 5 amide bonds. The van der Waals surface area contributed by atoms with Crippen molar-refractivity contribution < 1.29 is 33.4 Å². The van der Waals surface area contributed by atoms with Gasteiger partial charge in [0.25, 0.3) is 17.7 Å². The summed E-state index contributed by atoms with van der Waals surface area (Å²) in [5, 5.41) is 22.6. The first-order valence-electron chi connectivity index (χ1n) is 37.8. The molecule has 12 aromatic rings. The lowest BCUT2D eigenvalue weighted by Crippen LogP contribution is -2.51. The highest BCUT2D eigenvalue weighted by molar-refractivity contribution is 9.11. The monoisotopic (exact) mass is 1620 g/mol. The summed E-state index contributed by atoms with van der Waals surface area (Å²) in [4.78, 5) is 124. The van der Waals surface area contributed by atoms with E-state index in [9.17, 15) is 24.0 Å². The second-order valence-corrected chi connectivity index (χ2v) is 34.2. The van der Waals surface area contributed by atoms with Gasteiger partial charge in [-0.05, 0) is 114 Å². The van der Waals surface area contributed by atoms with Gasteiger partial charge in [0.2, 0.25) is 17.8 Å². The molecule has 0 atom stereocenters. The summed E-state index contributed by atoms with van der Waals surface area (Å²) in [5.74, 6) is 0.984. The normalized spacial score (nSPS) is 16.8. The molecule has 3 aliphatic heterocycles. The van der Waals surface area contributed by atoms with E-state index in [2.05, 4.69) is 95.4 Å². The van der Waals surface area contributed by atoms with E-state index in [0.717, 1.165) is 105 Å². The van der Waals surface area contributed by atoms with Gasteiger partial charge in [0.1, 0.15) is 45.2 Å². The molecule has 0 radical (unpaired) electrons. The zero-order chi connectivity index (χ0) is 77.1. The van der Waals surface area contributed by atoms with Crippen LogP contribution in [-0.4, -0.2) is 218 Å². The van der Waals surface area contributed by atoms with Crippen LogP contribution in [0.15, 0.2) is 94.0 Å². The van der Waals surface area contributed by atoms with Crippen molar-refractivity contribution in [3.05, 3.63) is 111 Å². The number of fused-ring (bicyclic) bond motifs is 9. The third-order valence-electron chi connectivity index (χ3n) is 20.5. The van der Waals surface area contributed by atoms with Gasteiger partial charge in [0, 0.05) is 182 Å². The maximum atomic E-state index is 13.1. The van der Waals surface area contributed by atoms with Crippen LogP contribution in [0, 0.1) is 0 Å². The molecule has 0 bridgehead atoms. The number of rotatable bonds is 10. The molecule has 31 nitrogen and oxygen atoms in total. The predicted molar refractivity (Wildman–Crippen MR) is 432 cm³/mol. The minimum Gasteiger partial charge on any atom is -0.444 e. The molecule has 15 heterocycles. The number of anilines is 5. The Morgan fingerprint density at radius 2 is 0.784 bits per heavy atom. The van der Waals surface area contributed by atoms with E-state index < -0.39 is 11.2 Å². The molecule has 6 aliphatic rings. The lowest BCUT2D eigenvalue weighted by atomic mass is 10.2. The lowest BCUT2D eigenvalue weighted by molar-refractivity contribution is 0.0135. The fourth-order valence-corrected chi connectivity index (χ4v) is 17.7. The number of aromatic nitrogens is 15. The van der Waals surface area contributed by atoms with E-state index in [1.54, 1.807) is 41.9 Å². The van der Waals surface area contributed by atoms with Gasteiger partial charge in [-0.1, -0.05) is 38.5 Å². The zero-order valence-corrected chi connectivity index (χ0v) is 66.9. The molecule has 5 N–H and O–H groups in total. The van der Waals surface area contributed by atoms with E-state index in [0.29, 0.717) is 133 Å². The Morgan fingerprint density at radius 3 is 1.15 bits per heavy atom. The van der Waals surface area contributed by atoms with Crippen molar-refractivity contribution in [1.82, 2.24) is 103 Å². The third kappa shape index (κ3) is 17.2. The molecule has 0 unspecified atom stereocenters. The van der Waals surface area contributed by atoms with Gasteiger partial charge < -0.3 is 58.7 Å². The van der Waals surface area contributed by atoms with Gasteiger partial charge in [-0.15, -0.1) is 34.0 Å². The van der Waals surface area contributed by atoms with Crippen LogP contribution in [0.5, 0.6) is 0 Å². The molecule has 12 aromatic heterocycles. The van der Waals surface area contributed by atoms with Crippen LogP contribution in [-0.2, 0) is 9.47 Å². The summed E-state index contributed by atoms with van der Waals surface area (Å²) < 4.78 is 18.4. The van der Waals surface area contributed by atoms with Crippen molar-refractivity contribution in [2.75, 3.05) is 94.9 Å². The van der Waals surface area contributed by atoms with Crippen LogP contribution in [0.3, 0.4) is 0 Å². The number of carbonyl (C=O) groups is 5. The number of hydrogen-bond acceptors (Lipinski definition) is 26. The number of carbonyl (C=O) groups excluding carboxylic acids is 5. The number of hydrogen-bond donors (Lipinski definition) is 4. The fraction of sp³-hybridized carbons (Fsp3) is 0.461. The molecular weight excluding hydrogens is 1540 g/mol. The van der Waals surface area contributed by atoms with Crippen LogP contribution in [0.25, 0.3) is 65.8 Å². The maximum Gasteiger partial charge on any atom is 0.410 e. The molecule has 6 fully saturated rings. The highest BCUT2D eigenvalue weighted by Crippen LogP contribution is 2.41. The Hall–Kier alpha value is -10.2. The third-order valence-corrected chi connectivity index (χ3v) is 23.4. The maximum absolute atomic E-state index is 13.1. The number of amides is 5. The van der Waals surface area contributed by atoms with Crippen LogP contribution in [0.4, 0.5) is 37.7 Å². The number of thiazole rings is 3. The lowest BCUT2D eigenvalue weighted by Gasteiger charge is -2.35. The average Bonchev–Trinajstić information content (AvgIpc) is 1.61. The van der Waals surface area contributed by atoms with Gasteiger partial charge in [0.15, 0.2) is 14.2 Å². The highest BCUT2D eigenvalue weighted by atomic mass is 79.9. The Bertz CT molecular complexity index is 5370. The van der Waals surface area contributed by atoms with Crippen LogP contribution < -0.4 is 21.7 Å². The van der Waals surface area contributed by atoms with Crippen molar-refractivity contribution in [2.24, 2.45) is 0 Å². The van der Waals surface area contributed by atoms with E-state index in [1.165, 1.54) is 85.4 Å². The number of nitrogen functional groups attached to an aromatic ring is 1. The number of nitrogens with zero attached hydrogens (tertiary/aromatic N) is 20. The molecule has 3 saturated carbocycles. The van der Waals surface area contributed by atoms with Crippen LogP contribution in [0.2, 0.25) is 0 Å². The minimum absolute atomic E-state index is 0.0268. The van der Waals surface area contributed by atoms with Crippen molar-refractivity contribution >= 4 is 174 Å². The number of pyridine rings is 3. The molecule has 3 saturated heterocycles. The Kier molecular flexibility index (Phi) is 22.6. The van der Waals surface area contributed by atoms with E-state index in [1.807, 2.05) is 114 Å². The first kappa shape index (κ1) is 76.2. The SMILES string of the molecule is CC(C)(C)OC(=O)N1CCN(C(=O)c2csc(Br)n2)CC1.CC(C)(C)OC(=O)N1CCN(C(=O)c2csc(Nc3ncc4c5ccncc5n(C5CCCC5)c4n3)n2)CC1.Nc1ncc2c3ccncc3n(C3CCCC3)c2n1.O=C(c1csc(Nc2ncc3c4ccncc4n(C4CCCC4)c3n2)n1)N1CCNCC1. The summed E-state index contributed by atoms with van der Waals surface area (Å²) in [6.45, 7) is 17.7. The Labute approximate surface area is 660 Å². The molecule has 580 valence electrons. The smallest absolute Gasteiger partial charge is 0.410 e. The zero-order valence-electron chi connectivity index (χ0n) is 62.8. The average molecular weight is 1630 g/mol. The van der Waals surface area contributed by atoms with Crippen LogP contribution >= 0.6 is 49.9 Å². The summed E-state index contributed by atoms with van der Waals surface area (Å²) in [6.07, 6.45) is 30.5. The second-order valence-electron chi connectivity index (χ2n) is 30.3. The van der Waals surface area contributed by atoms with Gasteiger partial charge in [-0.25, -0.2) is 39.5 Å². The highest BCUT2D eigenvalue weighted by Gasteiger charge is 2.33. The fourth-order valence-electron chi connectivity index (χ4n) is 15.3. The standard InChI is InChI=1S/C27H32N8O3S.C22H24N8OS.C14H15N5.C13H18BrN3O3S/c1-27(2,3)38-26(37)34-12-10-33(11-13-34)23(36)20-16-39-25(30-20)32-24-29-14-19-18-8-9-28-15-21(18)35(22(19)31-24)17-6-4-5-7-17;31-20(29-9-7-23-8-10-29)17-13-32-22(26-17)28-21-25-11-16-15-5-6-24-12-18(15)30(19(16)27-21)14-3-1-2-4-14;15-14-17-7-11-10-5-6-16-8-12(10)19(13(11)18-14)9-3-1-2-4-9;1-13(2,3)20-12(19)17-6-4-16(5-7-17)10(18)9-8-21-11(14)15-9/h8-9,14-17H,4-7,10-13H2,1-3H3,(H,29,30,31,32);5-6,11-14,23H,1-4,7-10H2,(H,25,26,27,28);5-9H,1-4H2,(H2,15,17,18);8H,4-7H2,1-3H3. The predicted octanol–water partition coefficient (Wildman–Crippen LogP) is 13.6. The number of ether oxygens (including phenoxy) is 2. The molecule has 35 heteroatoms. The number of nitrogens with two attached hydrogens (primary N) is 1. The molecule has 18 rings (SSSR count). The Morgan fingerprint density at radius 1 is 0.441 bits per heavy atom. The second kappa shape index (κ2) is 33.0. The molecule has 0 aromatic carbocycles. The van der Waals surface area contributed by atoms with Gasteiger partial charge in [-0.2, -0.15) is 15.0 Å². The Balaban J connectivity index is 0.000000122. The quantitative estimate of drug-likeness (QED) is 0.0988. The van der Waals surface area contributed by atoms with E-state index in [4.69, 9.17) is 25.2 Å².